The molecule has 2 heterocycles. The Balaban J connectivity index is 1.45. The first kappa shape index (κ1) is 18.4. The summed E-state index contributed by atoms with van der Waals surface area (Å²) in [5.74, 6) is 0.290. The number of rotatable bonds is 7. The van der Waals surface area contributed by atoms with Crippen LogP contribution in [0.1, 0.15) is 17.0 Å². The lowest BCUT2D eigenvalue weighted by atomic mass is 10.2. The molecule has 0 unspecified atom stereocenters. The summed E-state index contributed by atoms with van der Waals surface area (Å²) in [4.78, 5) is 28.4. The number of benzene rings is 1. The summed E-state index contributed by atoms with van der Waals surface area (Å²) in [6.45, 7) is 4.16. The SMILES string of the molecule is COCCCNC(=O)CN1CCN(C(=O)c2cc3ccccc3o2)CC1. The minimum absolute atomic E-state index is 0.0122. The third-order valence-corrected chi connectivity index (χ3v) is 4.51. The Bertz CT molecular complexity index is 717. The van der Waals surface area contributed by atoms with Crippen LogP contribution in [0.5, 0.6) is 0 Å². The molecule has 2 aromatic rings. The van der Waals surface area contributed by atoms with E-state index in [1.54, 1.807) is 18.1 Å². The Kier molecular flexibility index (Phi) is 6.25. The van der Waals surface area contributed by atoms with E-state index < -0.39 is 0 Å². The van der Waals surface area contributed by atoms with Crippen molar-refractivity contribution in [2.24, 2.45) is 0 Å². The molecule has 3 rings (SSSR count). The number of carbonyl (C=O) groups is 2. The third-order valence-electron chi connectivity index (χ3n) is 4.51. The molecule has 1 aromatic carbocycles. The second-order valence-electron chi connectivity index (χ2n) is 6.41. The highest BCUT2D eigenvalue weighted by Crippen LogP contribution is 2.20. The van der Waals surface area contributed by atoms with Crippen molar-refractivity contribution in [3.63, 3.8) is 0 Å². The molecule has 1 fully saturated rings. The van der Waals surface area contributed by atoms with Gasteiger partial charge in [0.05, 0.1) is 6.54 Å². The lowest BCUT2D eigenvalue weighted by molar-refractivity contribution is -0.122. The molecule has 26 heavy (non-hydrogen) atoms. The number of nitrogens with zero attached hydrogens (tertiary/aromatic N) is 2. The van der Waals surface area contributed by atoms with Crippen LogP contribution in [0.25, 0.3) is 11.0 Å². The summed E-state index contributed by atoms with van der Waals surface area (Å²) in [6, 6.07) is 9.38. The lowest BCUT2D eigenvalue weighted by Crippen LogP contribution is -2.51. The van der Waals surface area contributed by atoms with Gasteiger partial charge in [0.15, 0.2) is 5.76 Å². The standard InChI is InChI=1S/C19H25N3O4/c1-25-12-4-7-20-18(23)14-21-8-10-22(11-9-21)19(24)17-13-15-5-2-3-6-16(15)26-17/h2-3,5-6,13H,4,7-12,14H2,1H3,(H,20,23). The van der Waals surface area contributed by atoms with Crippen LogP contribution >= 0.6 is 0 Å². The molecular formula is C19H25N3O4. The molecule has 0 bridgehead atoms. The molecule has 1 saturated heterocycles. The summed E-state index contributed by atoms with van der Waals surface area (Å²) >= 11 is 0. The smallest absolute Gasteiger partial charge is 0.289 e. The number of nitrogens with one attached hydrogen (secondary N) is 1. The molecule has 0 spiro atoms. The number of hydrogen-bond acceptors (Lipinski definition) is 5. The van der Waals surface area contributed by atoms with Gasteiger partial charge >= 0.3 is 0 Å². The molecule has 1 N–H and O–H groups in total. The third kappa shape index (κ3) is 4.62. The van der Waals surface area contributed by atoms with Crippen molar-refractivity contribution in [1.82, 2.24) is 15.1 Å². The number of piperazine rings is 1. The van der Waals surface area contributed by atoms with Crippen LogP contribution in [0.3, 0.4) is 0 Å². The Labute approximate surface area is 152 Å². The summed E-state index contributed by atoms with van der Waals surface area (Å²) in [5, 5.41) is 3.81. The van der Waals surface area contributed by atoms with Gasteiger partial charge in [-0.05, 0) is 18.6 Å². The first-order valence-corrected chi connectivity index (χ1v) is 8.93. The highest BCUT2D eigenvalue weighted by molar-refractivity contribution is 5.96. The molecule has 2 amide bonds. The predicted molar refractivity (Wildman–Crippen MR) is 98.1 cm³/mol. The molecule has 0 saturated carbocycles. The van der Waals surface area contributed by atoms with Crippen LogP contribution in [0.2, 0.25) is 0 Å². The van der Waals surface area contributed by atoms with Gasteiger partial charge in [0, 0.05) is 51.8 Å². The number of hydrogen-bond donors (Lipinski definition) is 1. The minimum Gasteiger partial charge on any atom is -0.451 e. The Morgan fingerprint density at radius 3 is 2.69 bits per heavy atom. The van der Waals surface area contributed by atoms with Crippen LogP contribution in [0.4, 0.5) is 0 Å². The summed E-state index contributed by atoms with van der Waals surface area (Å²) in [7, 11) is 1.65. The number of methoxy groups -OCH3 is 1. The number of ether oxygens (including phenoxy) is 1. The molecule has 0 atom stereocenters. The van der Waals surface area contributed by atoms with Gasteiger partial charge in [-0.15, -0.1) is 0 Å². The van der Waals surface area contributed by atoms with Gasteiger partial charge in [-0.2, -0.15) is 0 Å². The van der Waals surface area contributed by atoms with Crippen molar-refractivity contribution in [1.29, 1.82) is 0 Å². The topological polar surface area (TPSA) is 75.0 Å². The highest BCUT2D eigenvalue weighted by Gasteiger charge is 2.25. The Hall–Kier alpha value is -2.38. The van der Waals surface area contributed by atoms with Crippen LogP contribution in [0.15, 0.2) is 34.7 Å². The Morgan fingerprint density at radius 1 is 1.19 bits per heavy atom. The molecule has 1 aliphatic rings. The van der Waals surface area contributed by atoms with Crippen molar-refractivity contribution >= 4 is 22.8 Å². The van der Waals surface area contributed by atoms with Crippen LogP contribution in [-0.2, 0) is 9.53 Å². The first-order valence-electron chi connectivity index (χ1n) is 8.93. The zero-order valence-electron chi connectivity index (χ0n) is 15.1. The number of amides is 2. The molecule has 1 aromatic heterocycles. The fourth-order valence-corrected chi connectivity index (χ4v) is 3.06. The van der Waals surface area contributed by atoms with E-state index in [2.05, 4.69) is 10.2 Å². The van der Waals surface area contributed by atoms with Crippen molar-refractivity contribution < 1.29 is 18.7 Å². The molecule has 1 aliphatic heterocycles. The maximum Gasteiger partial charge on any atom is 0.289 e. The summed E-state index contributed by atoms with van der Waals surface area (Å²) in [5.41, 5.74) is 0.722. The molecule has 140 valence electrons. The summed E-state index contributed by atoms with van der Waals surface area (Å²) < 4.78 is 10.6. The van der Waals surface area contributed by atoms with Gasteiger partial charge in [0.2, 0.25) is 5.91 Å². The van der Waals surface area contributed by atoms with Gasteiger partial charge in [-0.25, -0.2) is 0 Å². The van der Waals surface area contributed by atoms with Crippen LogP contribution in [0, 0.1) is 0 Å². The van der Waals surface area contributed by atoms with E-state index in [0.717, 1.165) is 17.4 Å². The van der Waals surface area contributed by atoms with Gasteiger partial charge in [-0.3, -0.25) is 14.5 Å². The first-order chi connectivity index (χ1) is 12.7. The number of furan rings is 1. The van der Waals surface area contributed by atoms with Crippen LogP contribution in [-0.4, -0.2) is 74.6 Å². The second-order valence-corrected chi connectivity index (χ2v) is 6.41. The largest absolute Gasteiger partial charge is 0.451 e. The Morgan fingerprint density at radius 2 is 1.96 bits per heavy atom. The maximum absolute atomic E-state index is 12.6. The number of carbonyl (C=O) groups excluding carboxylic acids is 2. The lowest BCUT2D eigenvalue weighted by Gasteiger charge is -2.33. The van der Waals surface area contributed by atoms with E-state index in [0.29, 0.717) is 51.6 Å². The van der Waals surface area contributed by atoms with Gasteiger partial charge < -0.3 is 19.4 Å². The van der Waals surface area contributed by atoms with Gasteiger partial charge in [0.1, 0.15) is 5.58 Å². The molecular weight excluding hydrogens is 334 g/mol. The predicted octanol–water partition coefficient (Wildman–Crippen LogP) is 1.34. The van der Waals surface area contributed by atoms with E-state index in [4.69, 9.17) is 9.15 Å². The zero-order valence-corrected chi connectivity index (χ0v) is 15.1. The van der Waals surface area contributed by atoms with E-state index in [1.165, 1.54) is 0 Å². The van der Waals surface area contributed by atoms with E-state index >= 15 is 0 Å². The number of fused-ring (bicyclic) bond motifs is 1. The van der Waals surface area contributed by atoms with Crippen molar-refractivity contribution in [3.8, 4) is 0 Å². The fraction of sp³-hybridized carbons (Fsp3) is 0.474. The van der Waals surface area contributed by atoms with Gasteiger partial charge in [-0.1, -0.05) is 18.2 Å². The molecule has 0 radical (unpaired) electrons. The summed E-state index contributed by atoms with van der Waals surface area (Å²) in [6.07, 6.45) is 0.808. The van der Waals surface area contributed by atoms with Crippen LogP contribution < -0.4 is 5.32 Å². The molecule has 7 heteroatoms. The van der Waals surface area contributed by atoms with Gasteiger partial charge in [0.25, 0.3) is 5.91 Å². The van der Waals surface area contributed by atoms with Crippen molar-refractivity contribution in [2.75, 3.05) is 53.0 Å². The maximum atomic E-state index is 12.6. The van der Waals surface area contributed by atoms with E-state index in [1.807, 2.05) is 24.3 Å². The van der Waals surface area contributed by atoms with Crippen molar-refractivity contribution in [3.05, 3.63) is 36.1 Å². The average Bonchev–Trinajstić information content (AvgIpc) is 3.09. The van der Waals surface area contributed by atoms with Crippen molar-refractivity contribution in [2.45, 2.75) is 6.42 Å². The average molecular weight is 359 g/mol. The highest BCUT2D eigenvalue weighted by atomic mass is 16.5. The molecule has 0 aliphatic carbocycles. The minimum atomic E-state index is -0.0927. The van der Waals surface area contributed by atoms with E-state index in [9.17, 15) is 9.59 Å². The fourth-order valence-electron chi connectivity index (χ4n) is 3.06. The molecule has 7 nitrogen and oxygen atoms in total. The normalized spacial score (nSPS) is 15.3. The monoisotopic (exact) mass is 359 g/mol. The van der Waals surface area contributed by atoms with E-state index in [-0.39, 0.29) is 11.8 Å². The zero-order chi connectivity index (χ0) is 18.4. The quantitative estimate of drug-likeness (QED) is 0.755. The second kappa shape index (κ2) is 8.82. The number of para-hydroxylation sites is 1.